The quantitative estimate of drug-likeness (QED) is 0.712. The maximum absolute atomic E-state index is 12.0. The average molecular weight is 332 g/mol. The molecule has 118 valence electrons. The van der Waals surface area contributed by atoms with Gasteiger partial charge < -0.3 is 5.32 Å². The Kier molecular flexibility index (Phi) is 5.03. The SMILES string of the molecule is CS(=O)(=O)CCNS(=O)(=O)c1ccc(CNC2CC2)cc1. The second-order valence-electron chi connectivity index (χ2n) is 5.33. The summed E-state index contributed by atoms with van der Waals surface area (Å²) in [5, 5.41) is 3.35. The smallest absolute Gasteiger partial charge is 0.240 e. The molecule has 6 nitrogen and oxygen atoms in total. The molecule has 2 rings (SSSR count). The zero-order valence-corrected chi connectivity index (χ0v) is 13.5. The van der Waals surface area contributed by atoms with Crippen LogP contribution in [0.15, 0.2) is 29.2 Å². The summed E-state index contributed by atoms with van der Waals surface area (Å²) in [5.41, 5.74) is 1.02. The summed E-state index contributed by atoms with van der Waals surface area (Å²) in [5.74, 6) is -0.213. The van der Waals surface area contributed by atoms with Crippen LogP contribution in [0.2, 0.25) is 0 Å². The predicted molar refractivity (Wildman–Crippen MR) is 81.2 cm³/mol. The number of hydrogen-bond donors (Lipinski definition) is 2. The topological polar surface area (TPSA) is 92.3 Å². The molecule has 0 amide bonds. The van der Waals surface area contributed by atoms with E-state index in [1.807, 2.05) is 0 Å². The first-order valence-corrected chi connectivity index (χ1v) is 10.3. The molecule has 0 heterocycles. The van der Waals surface area contributed by atoms with E-state index < -0.39 is 19.9 Å². The third-order valence-corrected chi connectivity index (χ3v) is 5.59. The Bertz CT molecular complexity index is 677. The Balaban J connectivity index is 1.92. The lowest BCUT2D eigenvalue weighted by atomic mass is 10.2. The van der Waals surface area contributed by atoms with Gasteiger partial charge in [0.2, 0.25) is 10.0 Å². The molecule has 1 aromatic carbocycles. The van der Waals surface area contributed by atoms with E-state index in [9.17, 15) is 16.8 Å². The lowest BCUT2D eigenvalue weighted by Crippen LogP contribution is -2.29. The van der Waals surface area contributed by atoms with Crippen LogP contribution < -0.4 is 10.0 Å². The molecular formula is C13H20N2O4S2. The summed E-state index contributed by atoms with van der Waals surface area (Å²) in [6.07, 6.45) is 3.48. The standard InChI is InChI=1S/C13H20N2O4S2/c1-20(16,17)9-8-15-21(18,19)13-6-2-11(3-7-13)10-14-12-4-5-12/h2-3,6-7,12,14-15H,4-5,8-10H2,1H3. The van der Waals surface area contributed by atoms with E-state index in [4.69, 9.17) is 0 Å². The van der Waals surface area contributed by atoms with Gasteiger partial charge in [-0.1, -0.05) is 12.1 Å². The van der Waals surface area contributed by atoms with Crippen molar-refractivity contribution in [2.24, 2.45) is 0 Å². The zero-order chi connectivity index (χ0) is 15.5. The third-order valence-electron chi connectivity index (χ3n) is 3.17. The number of rotatable bonds is 8. The molecule has 0 spiro atoms. The van der Waals surface area contributed by atoms with Crippen molar-refractivity contribution in [3.63, 3.8) is 0 Å². The molecular weight excluding hydrogens is 312 g/mol. The van der Waals surface area contributed by atoms with Crippen molar-refractivity contribution in [3.8, 4) is 0 Å². The lowest BCUT2D eigenvalue weighted by Gasteiger charge is -2.08. The van der Waals surface area contributed by atoms with Gasteiger partial charge in [-0.15, -0.1) is 0 Å². The van der Waals surface area contributed by atoms with Gasteiger partial charge in [-0.25, -0.2) is 21.6 Å². The maximum Gasteiger partial charge on any atom is 0.240 e. The first-order valence-electron chi connectivity index (χ1n) is 6.76. The molecule has 1 fully saturated rings. The monoisotopic (exact) mass is 332 g/mol. The van der Waals surface area contributed by atoms with Crippen molar-refractivity contribution in [2.75, 3.05) is 18.6 Å². The molecule has 0 radical (unpaired) electrons. The molecule has 1 aliphatic carbocycles. The number of sulfonamides is 1. The number of nitrogens with one attached hydrogen (secondary N) is 2. The van der Waals surface area contributed by atoms with Gasteiger partial charge >= 0.3 is 0 Å². The molecule has 1 aromatic rings. The van der Waals surface area contributed by atoms with Crippen LogP contribution >= 0.6 is 0 Å². The largest absolute Gasteiger partial charge is 0.310 e. The molecule has 21 heavy (non-hydrogen) atoms. The summed E-state index contributed by atoms with van der Waals surface area (Å²) in [6.45, 7) is 0.610. The van der Waals surface area contributed by atoms with Gasteiger partial charge in [0.25, 0.3) is 0 Å². The molecule has 0 saturated heterocycles. The molecule has 0 aliphatic heterocycles. The third kappa shape index (κ3) is 5.74. The minimum absolute atomic E-state index is 0.119. The minimum Gasteiger partial charge on any atom is -0.310 e. The Morgan fingerprint density at radius 2 is 1.71 bits per heavy atom. The van der Waals surface area contributed by atoms with Crippen molar-refractivity contribution in [2.45, 2.75) is 30.3 Å². The van der Waals surface area contributed by atoms with Crippen LogP contribution in [0.5, 0.6) is 0 Å². The van der Waals surface area contributed by atoms with E-state index in [0.717, 1.165) is 18.4 Å². The second kappa shape index (κ2) is 6.43. The van der Waals surface area contributed by atoms with Gasteiger partial charge in [0.15, 0.2) is 0 Å². The minimum atomic E-state index is -3.65. The molecule has 0 bridgehead atoms. The Morgan fingerprint density at radius 1 is 1.10 bits per heavy atom. The van der Waals surface area contributed by atoms with Crippen LogP contribution in [0.1, 0.15) is 18.4 Å². The van der Waals surface area contributed by atoms with Crippen LogP contribution in [-0.4, -0.2) is 41.4 Å². The maximum atomic E-state index is 12.0. The zero-order valence-electron chi connectivity index (χ0n) is 11.9. The molecule has 1 saturated carbocycles. The summed E-state index contributed by atoms with van der Waals surface area (Å²) >= 11 is 0. The Hall–Kier alpha value is -0.960. The van der Waals surface area contributed by atoms with Gasteiger partial charge in [-0.05, 0) is 30.5 Å². The fourth-order valence-corrected chi connectivity index (χ4v) is 3.41. The van der Waals surface area contributed by atoms with Crippen LogP contribution in [0.3, 0.4) is 0 Å². The highest BCUT2D eigenvalue weighted by Gasteiger charge is 2.20. The summed E-state index contributed by atoms with van der Waals surface area (Å²) in [6, 6.07) is 7.20. The Labute approximate surface area is 125 Å². The van der Waals surface area contributed by atoms with Gasteiger partial charge in [0.05, 0.1) is 10.6 Å². The van der Waals surface area contributed by atoms with Gasteiger partial charge in [0.1, 0.15) is 9.84 Å². The predicted octanol–water partition coefficient (Wildman–Crippen LogP) is 0.262. The van der Waals surface area contributed by atoms with Crippen molar-refractivity contribution < 1.29 is 16.8 Å². The summed E-state index contributed by atoms with van der Waals surface area (Å²) in [7, 11) is -6.83. The number of benzene rings is 1. The van der Waals surface area contributed by atoms with E-state index in [0.29, 0.717) is 6.04 Å². The van der Waals surface area contributed by atoms with Crippen LogP contribution in [0, 0.1) is 0 Å². The second-order valence-corrected chi connectivity index (χ2v) is 9.35. The first-order chi connectivity index (χ1) is 9.76. The van der Waals surface area contributed by atoms with E-state index in [2.05, 4.69) is 10.0 Å². The van der Waals surface area contributed by atoms with Crippen molar-refractivity contribution >= 4 is 19.9 Å². The molecule has 1 aliphatic rings. The fraction of sp³-hybridized carbons (Fsp3) is 0.538. The van der Waals surface area contributed by atoms with Crippen molar-refractivity contribution in [3.05, 3.63) is 29.8 Å². The van der Waals surface area contributed by atoms with Crippen LogP contribution in [0.4, 0.5) is 0 Å². The fourth-order valence-electron chi connectivity index (χ4n) is 1.78. The van der Waals surface area contributed by atoms with Gasteiger partial charge in [-0.3, -0.25) is 0 Å². The van der Waals surface area contributed by atoms with Crippen molar-refractivity contribution in [1.82, 2.24) is 10.0 Å². The van der Waals surface area contributed by atoms with E-state index >= 15 is 0 Å². The average Bonchev–Trinajstić information content (AvgIpc) is 3.19. The highest BCUT2D eigenvalue weighted by Crippen LogP contribution is 2.19. The summed E-state index contributed by atoms with van der Waals surface area (Å²) in [4.78, 5) is 0.145. The van der Waals surface area contributed by atoms with E-state index in [-0.39, 0.29) is 17.2 Å². The van der Waals surface area contributed by atoms with E-state index in [1.54, 1.807) is 12.1 Å². The number of hydrogen-bond acceptors (Lipinski definition) is 5. The molecule has 0 aromatic heterocycles. The summed E-state index contributed by atoms with van der Waals surface area (Å²) < 4.78 is 48.2. The normalized spacial score (nSPS) is 16.0. The molecule has 0 atom stereocenters. The number of sulfone groups is 1. The lowest BCUT2D eigenvalue weighted by molar-refractivity contribution is 0.582. The van der Waals surface area contributed by atoms with Gasteiger partial charge in [0, 0.05) is 25.4 Å². The molecule has 0 unspecified atom stereocenters. The molecule has 8 heteroatoms. The van der Waals surface area contributed by atoms with Crippen LogP contribution in [-0.2, 0) is 26.4 Å². The highest BCUT2D eigenvalue weighted by atomic mass is 32.2. The van der Waals surface area contributed by atoms with Crippen LogP contribution in [0.25, 0.3) is 0 Å². The highest BCUT2D eigenvalue weighted by molar-refractivity contribution is 7.91. The van der Waals surface area contributed by atoms with Gasteiger partial charge in [-0.2, -0.15) is 0 Å². The first kappa shape index (κ1) is 16.4. The van der Waals surface area contributed by atoms with E-state index in [1.165, 1.54) is 25.0 Å². The molecule has 2 N–H and O–H groups in total. The Morgan fingerprint density at radius 3 is 2.24 bits per heavy atom. The van der Waals surface area contributed by atoms with Crippen molar-refractivity contribution in [1.29, 1.82) is 0 Å².